The number of aryl methyl sites for hydroxylation is 1. The van der Waals surface area contributed by atoms with Gasteiger partial charge in [-0.1, -0.05) is 39.0 Å². The molecule has 0 saturated heterocycles. The van der Waals surface area contributed by atoms with Crippen LogP contribution in [-0.2, 0) is 22.6 Å². The summed E-state index contributed by atoms with van der Waals surface area (Å²) in [6.07, 6.45) is -0.408. The van der Waals surface area contributed by atoms with Gasteiger partial charge in [0, 0.05) is 29.5 Å². The summed E-state index contributed by atoms with van der Waals surface area (Å²) in [7, 11) is -0.563. The number of halogens is 3. The van der Waals surface area contributed by atoms with Crippen LogP contribution in [0.15, 0.2) is 60.9 Å². The molecule has 2 N–H and O–H groups in total. The van der Waals surface area contributed by atoms with Crippen molar-refractivity contribution in [1.82, 2.24) is 15.0 Å². The average Bonchev–Trinajstić information content (AvgIpc) is 3.88. The van der Waals surface area contributed by atoms with E-state index in [0.29, 0.717) is 48.2 Å². The van der Waals surface area contributed by atoms with Gasteiger partial charge in [0.2, 0.25) is 0 Å². The summed E-state index contributed by atoms with van der Waals surface area (Å²) < 4.78 is 66.4. The van der Waals surface area contributed by atoms with Crippen LogP contribution in [0, 0.1) is 6.92 Å². The second kappa shape index (κ2) is 15.1. The van der Waals surface area contributed by atoms with Crippen LogP contribution >= 0.6 is 0 Å². The van der Waals surface area contributed by atoms with Crippen molar-refractivity contribution in [2.24, 2.45) is 0 Å². The van der Waals surface area contributed by atoms with Crippen molar-refractivity contribution >= 4 is 25.7 Å². The standard InChI is InChI=1S/C38H46F3N5O5Si/c1-9-49-32-18-26(20-43-34(32)50-22-25-10-13-28(48-6)14-11-25)33-42-21-31(24(2)44-33)46-35(47)45-27-12-15-29(30(19-27)38(39,40)41)37(16-17-37)23-51-52(7,8)36(3,4)5/h10-15,18-21H,9,16-17,22-23H2,1-8H3,(H2,45,46,47). The van der Waals surface area contributed by atoms with Gasteiger partial charge in [-0.2, -0.15) is 13.2 Å². The summed E-state index contributed by atoms with van der Waals surface area (Å²) in [6.45, 7) is 14.9. The lowest BCUT2D eigenvalue weighted by atomic mass is 9.91. The minimum Gasteiger partial charge on any atom is -0.497 e. The van der Waals surface area contributed by atoms with Gasteiger partial charge in [0.15, 0.2) is 19.9 Å². The van der Waals surface area contributed by atoms with Gasteiger partial charge in [0.25, 0.3) is 5.88 Å². The van der Waals surface area contributed by atoms with E-state index in [-0.39, 0.29) is 35.2 Å². The molecule has 5 rings (SSSR count). The molecule has 2 heterocycles. The maximum absolute atomic E-state index is 14.4. The van der Waals surface area contributed by atoms with E-state index in [2.05, 4.69) is 59.5 Å². The molecule has 2 aromatic carbocycles. The number of carbonyl (C=O) groups excluding carboxylic acids is 1. The molecule has 0 bridgehead atoms. The molecule has 0 atom stereocenters. The number of pyridine rings is 1. The second-order valence-electron chi connectivity index (χ2n) is 14.5. The number of benzene rings is 2. The van der Waals surface area contributed by atoms with Crippen molar-refractivity contribution in [1.29, 1.82) is 0 Å². The van der Waals surface area contributed by atoms with Crippen molar-refractivity contribution in [3.63, 3.8) is 0 Å². The number of aromatic nitrogens is 3. The second-order valence-corrected chi connectivity index (χ2v) is 19.3. The Balaban J connectivity index is 1.26. The smallest absolute Gasteiger partial charge is 0.416 e. The number of anilines is 2. The maximum Gasteiger partial charge on any atom is 0.416 e. The molecule has 1 fully saturated rings. The Morgan fingerprint density at radius 1 is 0.962 bits per heavy atom. The fourth-order valence-corrected chi connectivity index (χ4v) is 6.38. The molecule has 1 aliphatic rings. The highest BCUT2D eigenvalue weighted by Crippen LogP contribution is 2.53. The highest BCUT2D eigenvalue weighted by atomic mass is 28.4. The zero-order valence-corrected chi connectivity index (χ0v) is 31.8. The molecule has 10 nitrogen and oxygen atoms in total. The number of hydrogen-bond donors (Lipinski definition) is 2. The van der Waals surface area contributed by atoms with Crippen molar-refractivity contribution in [2.45, 2.75) is 83.8 Å². The Hall–Kier alpha value is -4.69. The Labute approximate surface area is 303 Å². The SMILES string of the molecule is CCOc1cc(-c2ncc(NC(=O)Nc3ccc(C4(CO[Si](C)(C)C(C)(C)C)CC4)c(C(F)(F)F)c3)c(C)n2)cnc1OCc1ccc(OC)cc1. The summed E-state index contributed by atoms with van der Waals surface area (Å²) in [5.41, 5.74) is 0.933. The quantitative estimate of drug-likeness (QED) is 0.130. The van der Waals surface area contributed by atoms with Crippen molar-refractivity contribution in [3.05, 3.63) is 83.3 Å². The van der Waals surface area contributed by atoms with Gasteiger partial charge in [-0.3, -0.25) is 0 Å². The summed E-state index contributed by atoms with van der Waals surface area (Å²) in [5, 5.41) is 5.11. The molecule has 1 saturated carbocycles. The maximum atomic E-state index is 14.4. The van der Waals surface area contributed by atoms with Gasteiger partial charge in [0.05, 0.1) is 36.9 Å². The average molecular weight is 738 g/mol. The predicted octanol–water partition coefficient (Wildman–Crippen LogP) is 9.55. The van der Waals surface area contributed by atoms with Crippen molar-refractivity contribution in [2.75, 3.05) is 31.0 Å². The van der Waals surface area contributed by atoms with Crippen LogP contribution in [-0.4, -0.2) is 49.6 Å². The first-order chi connectivity index (χ1) is 24.4. The predicted molar refractivity (Wildman–Crippen MR) is 197 cm³/mol. The Morgan fingerprint density at radius 2 is 1.67 bits per heavy atom. The molecular formula is C38H46F3N5O5Si. The first-order valence-electron chi connectivity index (χ1n) is 17.1. The fraction of sp³-hybridized carbons (Fsp3) is 0.421. The van der Waals surface area contributed by atoms with E-state index in [4.69, 9.17) is 18.6 Å². The summed E-state index contributed by atoms with van der Waals surface area (Å²) in [6, 6.07) is 12.4. The number of nitrogens with one attached hydrogen (secondary N) is 2. The fourth-order valence-electron chi connectivity index (χ4n) is 5.30. The van der Waals surface area contributed by atoms with Gasteiger partial charge in [-0.15, -0.1) is 0 Å². The zero-order valence-electron chi connectivity index (χ0n) is 30.8. The summed E-state index contributed by atoms with van der Waals surface area (Å²) in [5.74, 6) is 1.79. The number of hydrogen-bond acceptors (Lipinski definition) is 8. The number of amides is 2. The van der Waals surface area contributed by atoms with Gasteiger partial charge >= 0.3 is 12.2 Å². The number of rotatable bonds is 13. The summed E-state index contributed by atoms with van der Waals surface area (Å²) in [4.78, 5) is 26.3. The molecule has 0 spiro atoms. The molecular weight excluding hydrogens is 692 g/mol. The van der Waals surface area contributed by atoms with E-state index in [1.54, 1.807) is 26.3 Å². The number of carbonyl (C=O) groups is 1. The largest absolute Gasteiger partial charge is 0.497 e. The Kier molecular flexibility index (Phi) is 11.2. The molecule has 52 heavy (non-hydrogen) atoms. The third-order valence-electron chi connectivity index (χ3n) is 9.66. The van der Waals surface area contributed by atoms with Gasteiger partial charge < -0.3 is 29.3 Å². The molecule has 0 unspecified atom stereocenters. The first kappa shape index (κ1) is 38.5. The number of nitrogens with zero attached hydrogens (tertiary/aromatic N) is 3. The molecule has 2 aromatic heterocycles. The molecule has 0 aliphatic heterocycles. The lowest BCUT2D eigenvalue weighted by molar-refractivity contribution is -0.138. The number of ether oxygens (including phenoxy) is 3. The van der Waals surface area contributed by atoms with Crippen LogP contribution in [0.25, 0.3) is 11.4 Å². The van der Waals surface area contributed by atoms with Crippen LogP contribution < -0.4 is 24.8 Å². The lowest BCUT2D eigenvalue weighted by Gasteiger charge is -2.37. The highest BCUT2D eigenvalue weighted by molar-refractivity contribution is 6.74. The van der Waals surface area contributed by atoms with Crippen LogP contribution in [0.2, 0.25) is 18.1 Å². The van der Waals surface area contributed by atoms with Crippen LogP contribution in [0.5, 0.6) is 17.4 Å². The van der Waals surface area contributed by atoms with Crippen LogP contribution in [0.4, 0.5) is 29.3 Å². The Bertz CT molecular complexity index is 1890. The molecule has 1 aliphatic carbocycles. The number of urea groups is 1. The van der Waals surface area contributed by atoms with E-state index in [9.17, 15) is 18.0 Å². The monoisotopic (exact) mass is 737 g/mol. The number of alkyl halides is 3. The minimum atomic E-state index is -4.62. The van der Waals surface area contributed by atoms with E-state index < -0.39 is 31.5 Å². The van der Waals surface area contributed by atoms with E-state index in [1.165, 1.54) is 18.3 Å². The molecule has 0 radical (unpaired) electrons. The van der Waals surface area contributed by atoms with Crippen LogP contribution in [0.3, 0.4) is 0 Å². The minimum absolute atomic E-state index is 0.00806. The first-order valence-corrected chi connectivity index (χ1v) is 20.0. The number of methoxy groups -OCH3 is 1. The topological polar surface area (TPSA) is 117 Å². The van der Waals surface area contributed by atoms with Gasteiger partial charge in [-0.25, -0.2) is 19.7 Å². The summed E-state index contributed by atoms with van der Waals surface area (Å²) >= 11 is 0. The van der Waals surface area contributed by atoms with E-state index in [0.717, 1.165) is 17.4 Å². The van der Waals surface area contributed by atoms with E-state index >= 15 is 0 Å². The van der Waals surface area contributed by atoms with Gasteiger partial charge in [-0.05, 0) is 86.3 Å². The third-order valence-corrected chi connectivity index (χ3v) is 14.1. The van der Waals surface area contributed by atoms with Crippen molar-refractivity contribution < 1.29 is 36.6 Å². The normalized spacial score (nSPS) is 14.1. The lowest BCUT2D eigenvalue weighted by Crippen LogP contribution is -2.42. The molecule has 278 valence electrons. The third kappa shape index (κ3) is 9.02. The van der Waals surface area contributed by atoms with E-state index in [1.807, 2.05) is 31.2 Å². The highest BCUT2D eigenvalue weighted by Gasteiger charge is 2.51. The molecule has 14 heteroatoms. The van der Waals surface area contributed by atoms with Crippen LogP contribution in [0.1, 0.15) is 62.9 Å². The molecule has 2 amide bonds. The van der Waals surface area contributed by atoms with Crippen molar-refractivity contribution in [3.8, 4) is 28.8 Å². The van der Waals surface area contributed by atoms with Gasteiger partial charge in [0.1, 0.15) is 12.4 Å². The zero-order chi connectivity index (χ0) is 37.9. The molecule has 4 aromatic rings. The Morgan fingerprint density at radius 3 is 2.27 bits per heavy atom.